The molecule has 0 saturated carbocycles. The molecule has 0 N–H and O–H groups in total. The standard InChI is InChI=1S/2C9H22N.O3Si/c2*1-5-6-7-8-9-10(2,3)4;1-4(2)3/h2*5-9H2,1-4H3;/q2*+1;-2. The molecular weight excluding hydrogens is 320 g/mol. The van der Waals surface area contributed by atoms with Crippen molar-refractivity contribution in [2.75, 3.05) is 55.4 Å². The van der Waals surface area contributed by atoms with Crippen molar-refractivity contribution in [1.29, 1.82) is 0 Å². The molecule has 24 heavy (non-hydrogen) atoms. The molecule has 0 fully saturated rings. The second-order valence-corrected chi connectivity index (χ2v) is 8.90. The van der Waals surface area contributed by atoms with Gasteiger partial charge in [0.2, 0.25) is 0 Å². The molecule has 0 atom stereocenters. The summed E-state index contributed by atoms with van der Waals surface area (Å²) in [6, 6.07) is 0. The SMILES string of the molecule is CCCCCC[N+](C)(C)C.CCCCCC[N+](C)(C)C.O=[Si]([O-])[O-]. The van der Waals surface area contributed by atoms with Crippen molar-refractivity contribution in [1.82, 2.24) is 0 Å². The lowest BCUT2D eigenvalue weighted by Gasteiger charge is -2.23. The molecule has 0 amide bonds. The molecule has 0 aliphatic rings. The van der Waals surface area contributed by atoms with Gasteiger partial charge in [0.25, 0.3) is 0 Å². The fraction of sp³-hybridized carbons (Fsp3) is 1.00. The highest BCUT2D eigenvalue weighted by molar-refractivity contribution is 6.17. The van der Waals surface area contributed by atoms with Gasteiger partial charge in [-0.25, -0.2) is 0 Å². The summed E-state index contributed by atoms with van der Waals surface area (Å²) in [6.07, 6.45) is 11.1. The molecule has 0 heterocycles. The average molecular weight is 365 g/mol. The first-order chi connectivity index (χ1) is 10.9. The number of hydrogen-bond acceptors (Lipinski definition) is 3. The number of quaternary nitrogens is 2. The molecule has 0 unspecified atom stereocenters. The normalized spacial score (nSPS) is 11.0. The third-order valence-corrected chi connectivity index (χ3v) is 3.36. The van der Waals surface area contributed by atoms with Crippen molar-refractivity contribution in [2.24, 2.45) is 0 Å². The van der Waals surface area contributed by atoms with E-state index in [1.54, 1.807) is 0 Å². The van der Waals surface area contributed by atoms with Gasteiger partial charge < -0.3 is 23.0 Å². The fourth-order valence-corrected chi connectivity index (χ4v) is 2.03. The number of hydrogen-bond donors (Lipinski definition) is 0. The Hall–Kier alpha value is -0.463. The minimum atomic E-state index is -3.63. The van der Waals surface area contributed by atoms with Gasteiger partial charge in [-0.2, -0.15) is 0 Å². The summed E-state index contributed by atoms with van der Waals surface area (Å²) in [5.41, 5.74) is 0. The molecule has 0 radical (unpaired) electrons. The zero-order chi connectivity index (χ0) is 19.6. The Labute approximate surface area is 153 Å². The van der Waals surface area contributed by atoms with E-state index in [4.69, 9.17) is 14.1 Å². The number of nitrogens with zero attached hydrogens (tertiary/aromatic N) is 2. The first-order valence-corrected chi connectivity index (χ1v) is 10.6. The smallest absolute Gasteiger partial charge is 0.0780 e. The maximum Gasteiger partial charge on any atom is 0.0780 e. The van der Waals surface area contributed by atoms with Gasteiger partial charge in [0, 0.05) is 9.17 Å². The minimum absolute atomic E-state index is 1.11. The summed E-state index contributed by atoms with van der Waals surface area (Å²) >= 11 is 0. The van der Waals surface area contributed by atoms with E-state index in [0.29, 0.717) is 0 Å². The van der Waals surface area contributed by atoms with Crippen molar-refractivity contribution in [2.45, 2.75) is 65.2 Å². The Morgan fingerprint density at radius 3 is 1.04 bits per heavy atom. The molecular formula is C18H44N2O3Si. The average Bonchev–Trinajstić information content (AvgIpc) is 2.38. The van der Waals surface area contributed by atoms with Gasteiger partial charge >= 0.3 is 0 Å². The minimum Gasteiger partial charge on any atom is -0.672 e. The fourth-order valence-electron chi connectivity index (χ4n) is 2.03. The van der Waals surface area contributed by atoms with Crippen LogP contribution in [0.25, 0.3) is 0 Å². The topological polar surface area (TPSA) is 63.2 Å². The van der Waals surface area contributed by atoms with Gasteiger partial charge in [-0.1, -0.05) is 39.5 Å². The van der Waals surface area contributed by atoms with E-state index in [-0.39, 0.29) is 0 Å². The highest BCUT2D eigenvalue weighted by Gasteiger charge is 2.04. The lowest BCUT2D eigenvalue weighted by molar-refractivity contribution is -0.870. The monoisotopic (exact) mass is 364 g/mol. The van der Waals surface area contributed by atoms with Crippen molar-refractivity contribution in [3.63, 3.8) is 0 Å². The van der Waals surface area contributed by atoms with E-state index in [1.165, 1.54) is 64.5 Å². The first-order valence-electron chi connectivity index (χ1n) is 9.34. The van der Waals surface area contributed by atoms with Crippen LogP contribution in [0.15, 0.2) is 0 Å². The van der Waals surface area contributed by atoms with Crippen LogP contribution in [0.1, 0.15) is 65.2 Å². The Balaban J connectivity index is -0.000000301. The molecule has 0 aliphatic carbocycles. The van der Waals surface area contributed by atoms with E-state index in [9.17, 15) is 0 Å². The maximum absolute atomic E-state index is 8.52. The van der Waals surface area contributed by atoms with Crippen LogP contribution in [0.5, 0.6) is 0 Å². The van der Waals surface area contributed by atoms with E-state index in [2.05, 4.69) is 56.1 Å². The quantitative estimate of drug-likeness (QED) is 0.336. The molecule has 0 spiro atoms. The Kier molecular flexibility index (Phi) is 20.5. The van der Waals surface area contributed by atoms with E-state index in [1.807, 2.05) is 0 Å². The van der Waals surface area contributed by atoms with Crippen LogP contribution in [0.2, 0.25) is 0 Å². The molecule has 0 aliphatic heterocycles. The lowest BCUT2D eigenvalue weighted by atomic mass is 10.2. The Bertz CT molecular complexity index is 248. The van der Waals surface area contributed by atoms with Crippen LogP contribution >= 0.6 is 0 Å². The largest absolute Gasteiger partial charge is 0.672 e. The van der Waals surface area contributed by atoms with Crippen LogP contribution < -0.4 is 9.59 Å². The molecule has 0 aromatic heterocycles. The molecule has 0 aromatic rings. The van der Waals surface area contributed by atoms with Crippen LogP contribution in [-0.4, -0.2) is 73.5 Å². The molecule has 5 nitrogen and oxygen atoms in total. The second-order valence-electron chi connectivity index (χ2n) is 8.40. The molecule has 0 bridgehead atoms. The van der Waals surface area contributed by atoms with Gasteiger partial charge in [0.15, 0.2) is 0 Å². The molecule has 0 aromatic carbocycles. The lowest BCUT2D eigenvalue weighted by Crippen LogP contribution is -2.35. The van der Waals surface area contributed by atoms with E-state index < -0.39 is 9.17 Å². The predicted octanol–water partition coefficient (Wildman–Crippen LogP) is 1.67. The van der Waals surface area contributed by atoms with Crippen molar-refractivity contribution >= 4 is 9.17 Å². The van der Waals surface area contributed by atoms with Crippen molar-refractivity contribution < 1.29 is 23.0 Å². The summed E-state index contributed by atoms with van der Waals surface area (Å²) in [4.78, 5) is 17.0. The molecule has 6 heteroatoms. The van der Waals surface area contributed by atoms with Crippen LogP contribution in [0, 0.1) is 0 Å². The van der Waals surface area contributed by atoms with Gasteiger partial charge in [-0.15, -0.1) is 0 Å². The highest BCUT2D eigenvalue weighted by Crippen LogP contribution is 2.02. The third-order valence-electron chi connectivity index (χ3n) is 3.36. The third kappa shape index (κ3) is 49.6. The molecule has 148 valence electrons. The Morgan fingerprint density at radius 1 is 0.625 bits per heavy atom. The first kappa shape index (κ1) is 28.3. The predicted molar refractivity (Wildman–Crippen MR) is 101 cm³/mol. The summed E-state index contributed by atoms with van der Waals surface area (Å²) in [7, 11) is 9.91. The summed E-state index contributed by atoms with van der Waals surface area (Å²) in [6.45, 7) is 7.15. The zero-order valence-corrected chi connectivity index (χ0v) is 18.7. The van der Waals surface area contributed by atoms with Crippen molar-refractivity contribution in [3.8, 4) is 0 Å². The summed E-state index contributed by atoms with van der Waals surface area (Å²) < 4.78 is 10.7. The number of rotatable bonds is 10. The van der Waals surface area contributed by atoms with Crippen LogP contribution in [0.4, 0.5) is 0 Å². The maximum atomic E-state index is 8.52. The Morgan fingerprint density at radius 2 is 0.875 bits per heavy atom. The summed E-state index contributed by atoms with van der Waals surface area (Å²) in [5, 5.41) is 0. The highest BCUT2D eigenvalue weighted by atomic mass is 28.3. The van der Waals surface area contributed by atoms with Gasteiger partial charge in [-0.05, 0) is 25.7 Å². The number of unbranched alkanes of at least 4 members (excludes halogenated alkanes) is 6. The second kappa shape index (κ2) is 17.4. The van der Waals surface area contributed by atoms with Crippen molar-refractivity contribution in [3.05, 3.63) is 0 Å². The van der Waals surface area contributed by atoms with E-state index >= 15 is 0 Å². The van der Waals surface area contributed by atoms with E-state index in [0.717, 1.165) is 8.97 Å². The zero-order valence-electron chi connectivity index (χ0n) is 17.7. The summed E-state index contributed by atoms with van der Waals surface area (Å²) in [5.74, 6) is 0. The van der Waals surface area contributed by atoms with Gasteiger partial charge in [-0.3, -0.25) is 0 Å². The van der Waals surface area contributed by atoms with Gasteiger partial charge in [0.1, 0.15) is 0 Å². The van der Waals surface area contributed by atoms with Gasteiger partial charge in [0.05, 0.1) is 55.4 Å². The molecule has 0 rings (SSSR count). The van der Waals surface area contributed by atoms with Crippen LogP contribution in [-0.2, 0) is 4.46 Å². The van der Waals surface area contributed by atoms with Crippen LogP contribution in [0.3, 0.4) is 0 Å². The molecule has 0 saturated heterocycles.